The molecule has 0 radical (unpaired) electrons. The van der Waals surface area contributed by atoms with Crippen LogP contribution in [0.2, 0.25) is 0 Å². The van der Waals surface area contributed by atoms with Gasteiger partial charge in [-0.25, -0.2) is 0 Å². The second kappa shape index (κ2) is 11.6. The number of benzene rings is 1. The van der Waals surface area contributed by atoms with Gasteiger partial charge in [0, 0.05) is 13.0 Å². The van der Waals surface area contributed by atoms with E-state index in [0.29, 0.717) is 26.1 Å². The molecular formula is C15H25ClN2O2. The molecule has 3 N–H and O–H groups in total. The molecule has 0 saturated carbocycles. The number of nitrogens with two attached hydrogens (primary N) is 1. The van der Waals surface area contributed by atoms with E-state index in [1.54, 1.807) is 0 Å². The second-order valence-corrected chi connectivity index (χ2v) is 4.61. The van der Waals surface area contributed by atoms with Crippen LogP contribution in [0.15, 0.2) is 24.3 Å². The monoisotopic (exact) mass is 300 g/mol. The summed E-state index contributed by atoms with van der Waals surface area (Å²) in [5.74, 6) is 0.997. The number of rotatable bonds is 9. The predicted molar refractivity (Wildman–Crippen MR) is 84.5 cm³/mol. The number of carbonyl (C=O) groups is 1. The Morgan fingerprint density at radius 2 is 2.10 bits per heavy atom. The Hall–Kier alpha value is -1.26. The first kappa shape index (κ1) is 18.7. The number of hydrogen-bond donors (Lipinski definition) is 2. The van der Waals surface area contributed by atoms with Crippen molar-refractivity contribution in [1.82, 2.24) is 5.32 Å². The smallest absolute Gasteiger partial charge is 0.219 e. The molecule has 0 aliphatic carbocycles. The van der Waals surface area contributed by atoms with Crippen LogP contribution in [0.3, 0.4) is 0 Å². The summed E-state index contributed by atoms with van der Waals surface area (Å²) in [5.41, 5.74) is 6.54. The highest BCUT2D eigenvalue weighted by molar-refractivity contribution is 5.85. The molecule has 0 unspecified atom stereocenters. The van der Waals surface area contributed by atoms with Crippen LogP contribution in [0.4, 0.5) is 0 Å². The lowest BCUT2D eigenvalue weighted by atomic mass is 10.2. The fourth-order valence-electron chi connectivity index (χ4n) is 1.70. The Balaban J connectivity index is 0.00000361. The summed E-state index contributed by atoms with van der Waals surface area (Å²) in [6, 6.07) is 7.99. The molecule has 0 aromatic heterocycles. The maximum Gasteiger partial charge on any atom is 0.219 e. The Bertz CT molecular complexity index is 386. The Morgan fingerprint density at radius 1 is 1.30 bits per heavy atom. The minimum Gasteiger partial charge on any atom is -0.494 e. The van der Waals surface area contributed by atoms with E-state index in [1.165, 1.54) is 5.56 Å². The molecule has 20 heavy (non-hydrogen) atoms. The van der Waals surface area contributed by atoms with Gasteiger partial charge in [0.05, 0.1) is 6.61 Å². The first-order chi connectivity index (χ1) is 9.22. The van der Waals surface area contributed by atoms with Gasteiger partial charge in [0.2, 0.25) is 5.91 Å². The van der Waals surface area contributed by atoms with Gasteiger partial charge in [-0.2, -0.15) is 0 Å². The quantitative estimate of drug-likeness (QED) is 0.689. The van der Waals surface area contributed by atoms with Crippen molar-refractivity contribution in [1.29, 1.82) is 0 Å². The average molecular weight is 301 g/mol. The maximum atomic E-state index is 11.4. The van der Waals surface area contributed by atoms with Crippen molar-refractivity contribution in [2.75, 3.05) is 19.7 Å². The Morgan fingerprint density at radius 3 is 2.80 bits per heavy atom. The van der Waals surface area contributed by atoms with Crippen molar-refractivity contribution < 1.29 is 9.53 Å². The van der Waals surface area contributed by atoms with Gasteiger partial charge < -0.3 is 15.8 Å². The normalized spacial score (nSPS) is 9.70. The van der Waals surface area contributed by atoms with Crippen LogP contribution in [0.5, 0.6) is 5.75 Å². The summed E-state index contributed by atoms with van der Waals surface area (Å²) in [5, 5.41) is 2.84. The Kier molecular flexibility index (Phi) is 10.8. The molecule has 5 heteroatoms. The molecule has 114 valence electrons. The first-order valence-electron chi connectivity index (χ1n) is 6.88. The third-order valence-electron chi connectivity index (χ3n) is 2.76. The molecule has 0 heterocycles. The SMILES string of the molecule is Cc1cccc(OCCCCC(=O)NCCCN)c1.Cl. The number of ether oxygens (including phenoxy) is 1. The topological polar surface area (TPSA) is 64.3 Å². The summed E-state index contributed by atoms with van der Waals surface area (Å²) >= 11 is 0. The third kappa shape index (κ3) is 8.77. The zero-order valence-electron chi connectivity index (χ0n) is 12.1. The van der Waals surface area contributed by atoms with Crippen molar-refractivity contribution in [3.8, 4) is 5.75 Å². The van der Waals surface area contributed by atoms with Crippen molar-refractivity contribution in [2.24, 2.45) is 5.73 Å². The molecule has 1 amide bonds. The number of aryl methyl sites for hydroxylation is 1. The van der Waals surface area contributed by atoms with Crippen molar-refractivity contribution in [2.45, 2.75) is 32.6 Å². The molecule has 1 rings (SSSR count). The number of nitrogens with one attached hydrogen (secondary N) is 1. The summed E-state index contributed by atoms with van der Waals surface area (Å²) < 4.78 is 5.62. The summed E-state index contributed by atoms with van der Waals surface area (Å²) in [6.45, 7) is 3.98. The van der Waals surface area contributed by atoms with Gasteiger partial charge in [-0.05, 0) is 50.4 Å². The lowest BCUT2D eigenvalue weighted by Gasteiger charge is -2.07. The number of halogens is 1. The molecule has 0 atom stereocenters. The highest BCUT2D eigenvalue weighted by Gasteiger charge is 2.00. The molecule has 0 aliphatic heterocycles. The van der Waals surface area contributed by atoms with Gasteiger partial charge in [-0.3, -0.25) is 4.79 Å². The van der Waals surface area contributed by atoms with E-state index in [4.69, 9.17) is 10.5 Å². The highest BCUT2D eigenvalue weighted by atomic mass is 35.5. The zero-order chi connectivity index (χ0) is 13.9. The van der Waals surface area contributed by atoms with E-state index >= 15 is 0 Å². The Labute approximate surface area is 127 Å². The molecule has 4 nitrogen and oxygen atoms in total. The molecule has 0 aliphatic rings. The molecule has 0 bridgehead atoms. The average Bonchev–Trinajstić information content (AvgIpc) is 2.39. The van der Waals surface area contributed by atoms with Crippen LogP contribution in [0.25, 0.3) is 0 Å². The predicted octanol–water partition coefficient (Wildman–Crippen LogP) is 2.43. The summed E-state index contributed by atoms with van der Waals surface area (Å²) in [7, 11) is 0. The number of amides is 1. The number of hydrogen-bond acceptors (Lipinski definition) is 3. The molecule has 1 aromatic carbocycles. The van der Waals surface area contributed by atoms with E-state index in [-0.39, 0.29) is 18.3 Å². The van der Waals surface area contributed by atoms with Gasteiger partial charge in [0.15, 0.2) is 0 Å². The van der Waals surface area contributed by atoms with Crippen molar-refractivity contribution in [3.63, 3.8) is 0 Å². The second-order valence-electron chi connectivity index (χ2n) is 4.61. The van der Waals surface area contributed by atoms with Gasteiger partial charge in [-0.15, -0.1) is 12.4 Å². The first-order valence-corrected chi connectivity index (χ1v) is 6.88. The van der Waals surface area contributed by atoms with E-state index < -0.39 is 0 Å². The lowest BCUT2D eigenvalue weighted by molar-refractivity contribution is -0.121. The fourth-order valence-corrected chi connectivity index (χ4v) is 1.70. The zero-order valence-corrected chi connectivity index (χ0v) is 12.9. The van der Waals surface area contributed by atoms with Crippen LogP contribution in [0.1, 0.15) is 31.2 Å². The van der Waals surface area contributed by atoms with Crippen LogP contribution in [-0.2, 0) is 4.79 Å². The summed E-state index contributed by atoms with van der Waals surface area (Å²) in [4.78, 5) is 11.4. The van der Waals surface area contributed by atoms with Gasteiger partial charge >= 0.3 is 0 Å². The number of carbonyl (C=O) groups excluding carboxylic acids is 1. The fraction of sp³-hybridized carbons (Fsp3) is 0.533. The lowest BCUT2D eigenvalue weighted by Crippen LogP contribution is -2.25. The third-order valence-corrected chi connectivity index (χ3v) is 2.76. The largest absolute Gasteiger partial charge is 0.494 e. The van der Waals surface area contributed by atoms with Gasteiger partial charge in [0.1, 0.15) is 5.75 Å². The van der Waals surface area contributed by atoms with Crippen LogP contribution < -0.4 is 15.8 Å². The minimum atomic E-state index is 0. The summed E-state index contributed by atoms with van der Waals surface area (Å²) in [6.07, 6.45) is 3.13. The van der Waals surface area contributed by atoms with Crippen LogP contribution in [0, 0.1) is 6.92 Å². The molecule has 0 spiro atoms. The van der Waals surface area contributed by atoms with E-state index in [1.807, 2.05) is 31.2 Å². The van der Waals surface area contributed by atoms with Crippen LogP contribution in [-0.4, -0.2) is 25.6 Å². The van der Waals surface area contributed by atoms with Gasteiger partial charge in [0.25, 0.3) is 0 Å². The van der Waals surface area contributed by atoms with Crippen molar-refractivity contribution >= 4 is 18.3 Å². The molecular weight excluding hydrogens is 276 g/mol. The van der Waals surface area contributed by atoms with Gasteiger partial charge in [-0.1, -0.05) is 12.1 Å². The molecule has 1 aromatic rings. The molecule has 0 fully saturated rings. The standard InChI is InChI=1S/C15H24N2O2.ClH/c1-13-6-4-7-14(12-13)19-11-3-2-8-15(18)17-10-5-9-16;/h4,6-7,12H,2-3,5,8-11,16H2,1H3,(H,17,18);1H. The highest BCUT2D eigenvalue weighted by Crippen LogP contribution is 2.12. The van der Waals surface area contributed by atoms with E-state index in [2.05, 4.69) is 5.32 Å². The van der Waals surface area contributed by atoms with E-state index in [9.17, 15) is 4.79 Å². The maximum absolute atomic E-state index is 11.4. The minimum absolute atomic E-state index is 0. The molecule has 0 saturated heterocycles. The van der Waals surface area contributed by atoms with Crippen molar-refractivity contribution in [3.05, 3.63) is 29.8 Å². The van der Waals surface area contributed by atoms with Crippen LogP contribution >= 0.6 is 12.4 Å². The van der Waals surface area contributed by atoms with E-state index in [0.717, 1.165) is 25.0 Å². The number of unbranched alkanes of at least 4 members (excludes halogenated alkanes) is 1.